The van der Waals surface area contributed by atoms with E-state index in [2.05, 4.69) is 32.0 Å². The number of amides is 1. The molecule has 8 heteroatoms. The van der Waals surface area contributed by atoms with Crippen molar-refractivity contribution in [3.8, 4) is 5.75 Å². The molecule has 3 rings (SSSR count). The van der Waals surface area contributed by atoms with Crippen molar-refractivity contribution in [1.82, 2.24) is 15.6 Å². The number of guanidine groups is 1. The average molecular weight is 509 g/mol. The van der Waals surface area contributed by atoms with E-state index in [9.17, 15) is 4.79 Å². The Bertz CT molecular complexity index is 818. The molecule has 7 nitrogen and oxygen atoms in total. The standard InChI is InChI=1S/C21H27N5O2.HI/c1-3-22-21(24-14-17-13-16-8-4-5-9-18(16)28-17)23-12-11-20(27)26-19-10-6-7-15(2)25-19;/h4-10,17H,3,11-14H2,1-2H3,(H2,22,23,24)(H,25,26,27);1H. The molecule has 0 aliphatic carbocycles. The Balaban J connectivity index is 0.00000300. The quantitative estimate of drug-likeness (QED) is 0.304. The molecule has 0 spiro atoms. The van der Waals surface area contributed by atoms with Gasteiger partial charge in [0.25, 0.3) is 0 Å². The van der Waals surface area contributed by atoms with Crippen molar-refractivity contribution < 1.29 is 9.53 Å². The second kappa shape index (κ2) is 11.6. The predicted molar refractivity (Wildman–Crippen MR) is 126 cm³/mol. The van der Waals surface area contributed by atoms with Crippen molar-refractivity contribution in [3.05, 3.63) is 53.7 Å². The Labute approximate surface area is 188 Å². The molecule has 0 fully saturated rings. The highest BCUT2D eigenvalue weighted by atomic mass is 127. The Kier molecular flexibility index (Phi) is 9.17. The summed E-state index contributed by atoms with van der Waals surface area (Å²) in [6.07, 6.45) is 1.24. The zero-order valence-corrected chi connectivity index (χ0v) is 19.1. The molecule has 0 saturated heterocycles. The van der Waals surface area contributed by atoms with Crippen molar-refractivity contribution >= 4 is 41.7 Å². The number of hydrogen-bond acceptors (Lipinski definition) is 4. The summed E-state index contributed by atoms with van der Waals surface area (Å²) < 4.78 is 5.92. The molecule has 3 N–H and O–H groups in total. The fourth-order valence-corrected chi connectivity index (χ4v) is 3.00. The van der Waals surface area contributed by atoms with Gasteiger partial charge in [0.05, 0.1) is 6.54 Å². The van der Waals surface area contributed by atoms with E-state index < -0.39 is 0 Å². The van der Waals surface area contributed by atoms with Crippen LogP contribution in [-0.2, 0) is 11.2 Å². The first kappa shape index (κ1) is 22.9. The molecule has 29 heavy (non-hydrogen) atoms. The molecule has 0 radical (unpaired) electrons. The number of halogens is 1. The summed E-state index contributed by atoms with van der Waals surface area (Å²) in [5, 5.41) is 9.20. The number of nitrogens with one attached hydrogen (secondary N) is 3. The Morgan fingerprint density at radius 1 is 1.21 bits per heavy atom. The molecule has 1 aromatic carbocycles. The summed E-state index contributed by atoms with van der Waals surface area (Å²) in [7, 11) is 0. The summed E-state index contributed by atoms with van der Waals surface area (Å²) in [6, 6.07) is 13.6. The van der Waals surface area contributed by atoms with E-state index >= 15 is 0 Å². The fourth-order valence-electron chi connectivity index (χ4n) is 3.00. The number of aryl methyl sites for hydroxylation is 1. The van der Waals surface area contributed by atoms with E-state index in [1.54, 1.807) is 6.07 Å². The van der Waals surface area contributed by atoms with Crippen molar-refractivity contribution in [2.24, 2.45) is 4.99 Å². The lowest BCUT2D eigenvalue weighted by Crippen LogP contribution is -2.39. The van der Waals surface area contributed by atoms with Gasteiger partial charge in [0.1, 0.15) is 17.7 Å². The van der Waals surface area contributed by atoms with Crippen molar-refractivity contribution in [1.29, 1.82) is 0 Å². The van der Waals surface area contributed by atoms with Gasteiger partial charge in [-0.25, -0.2) is 9.98 Å². The fraction of sp³-hybridized carbons (Fsp3) is 0.381. The Morgan fingerprint density at radius 3 is 2.79 bits per heavy atom. The van der Waals surface area contributed by atoms with E-state index in [0.717, 1.165) is 24.4 Å². The van der Waals surface area contributed by atoms with Gasteiger partial charge < -0.3 is 20.7 Å². The minimum absolute atomic E-state index is 0. The number of hydrogen-bond donors (Lipinski definition) is 3. The van der Waals surface area contributed by atoms with Crippen LogP contribution >= 0.6 is 24.0 Å². The van der Waals surface area contributed by atoms with Gasteiger partial charge in [-0.1, -0.05) is 24.3 Å². The molecule has 1 amide bonds. The van der Waals surface area contributed by atoms with Gasteiger partial charge in [0.15, 0.2) is 5.96 Å². The largest absolute Gasteiger partial charge is 0.488 e. The summed E-state index contributed by atoms with van der Waals surface area (Å²) in [5.41, 5.74) is 2.09. The molecule has 1 atom stereocenters. The maximum atomic E-state index is 12.1. The maximum Gasteiger partial charge on any atom is 0.227 e. The number of benzene rings is 1. The van der Waals surface area contributed by atoms with E-state index in [1.807, 2.05) is 44.2 Å². The molecule has 1 unspecified atom stereocenters. The first-order valence-electron chi connectivity index (χ1n) is 9.64. The molecule has 1 aromatic heterocycles. The number of rotatable bonds is 7. The van der Waals surface area contributed by atoms with Gasteiger partial charge in [-0.3, -0.25) is 4.79 Å². The van der Waals surface area contributed by atoms with Gasteiger partial charge >= 0.3 is 0 Å². The minimum atomic E-state index is -0.0870. The van der Waals surface area contributed by atoms with Crippen LogP contribution in [0.1, 0.15) is 24.6 Å². The lowest BCUT2D eigenvalue weighted by atomic mass is 10.1. The van der Waals surface area contributed by atoms with Gasteiger partial charge in [0.2, 0.25) is 5.91 Å². The zero-order chi connectivity index (χ0) is 19.8. The van der Waals surface area contributed by atoms with Crippen molar-refractivity contribution in [2.75, 3.05) is 25.0 Å². The van der Waals surface area contributed by atoms with Crippen LogP contribution in [0.4, 0.5) is 5.82 Å². The molecule has 2 heterocycles. The lowest BCUT2D eigenvalue weighted by molar-refractivity contribution is -0.116. The number of anilines is 1. The van der Waals surface area contributed by atoms with Gasteiger partial charge in [0, 0.05) is 31.6 Å². The summed E-state index contributed by atoms with van der Waals surface area (Å²) in [5.74, 6) is 2.12. The van der Waals surface area contributed by atoms with Crippen LogP contribution in [-0.4, -0.2) is 42.6 Å². The molecule has 1 aliphatic heterocycles. The van der Waals surface area contributed by atoms with Gasteiger partial charge in [-0.15, -0.1) is 24.0 Å². The average Bonchev–Trinajstić information content (AvgIpc) is 3.09. The number of para-hydroxylation sites is 1. The number of nitrogens with zero attached hydrogens (tertiary/aromatic N) is 2. The van der Waals surface area contributed by atoms with Gasteiger partial charge in [-0.2, -0.15) is 0 Å². The smallest absolute Gasteiger partial charge is 0.227 e. The Morgan fingerprint density at radius 2 is 2.03 bits per heavy atom. The number of pyridine rings is 1. The third-order valence-electron chi connectivity index (χ3n) is 4.31. The highest BCUT2D eigenvalue weighted by Gasteiger charge is 2.21. The second-order valence-electron chi connectivity index (χ2n) is 6.66. The van der Waals surface area contributed by atoms with Crippen LogP contribution in [0, 0.1) is 6.92 Å². The molecular formula is C21H28IN5O2. The van der Waals surface area contributed by atoms with Crippen molar-refractivity contribution in [2.45, 2.75) is 32.8 Å². The molecule has 0 bridgehead atoms. The SMILES string of the molecule is CCNC(=NCC1Cc2ccccc2O1)NCCC(=O)Nc1cccc(C)n1.I. The number of ether oxygens (including phenoxy) is 1. The summed E-state index contributed by atoms with van der Waals surface area (Å²) >= 11 is 0. The molecule has 1 aliphatic rings. The second-order valence-corrected chi connectivity index (χ2v) is 6.66. The number of carbonyl (C=O) groups excluding carboxylic acids is 1. The summed E-state index contributed by atoms with van der Waals surface area (Å²) in [6.45, 7) is 5.69. The monoisotopic (exact) mass is 509 g/mol. The number of carbonyl (C=O) groups is 1. The van der Waals surface area contributed by atoms with E-state index in [0.29, 0.717) is 31.3 Å². The van der Waals surface area contributed by atoms with Crippen LogP contribution in [0.5, 0.6) is 5.75 Å². The van der Waals surface area contributed by atoms with E-state index in [4.69, 9.17) is 4.74 Å². The summed E-state index contributed by atoms with van der Waals surface area (Å²) in [4.78, 5) is 21.0. The van der Waals surface area contributed by atoms with E-state index in [-0.39, 0.29) is 36.0 Å². The minimum Gasteiger partial charge on any atom is -0.488 e. The van der Waals surface area contributed by atoms with Crippen LogP contribution in [0.2, 0.25) is 0 Å². The van der Waals surface area contributed by atoms with Crippen LogP contribution < -0.4 is 20.7 Å². The number of aliphatic imine (C=N–C) groups is 1. The third-order valence-corrected chi connectivity index (χ3v) is 4.31. The lowest BCUT2D eigenvalue weighted by Gasteiger charge is -2.13. The van der Waals surface area contributed by atoms with E-state index in [1.165, 1.54) is 5.56 Å². The van der Waals surface area contributed by atoms with Crippen LogP contribution in [0.15, 0.2) is 47.5 Å². The predicted octanol–water partition coefficient (Wildman–Crippen LogP) is 2.90. The normalized spacial score (nSPS) is 15.0. The molecule has 0 saturated carbocycles. The first-order chi connectivity index (χ1) is 13.6. The third kappa shape index (κ3) is 7.19. The number of fused-ring (bicyclic) bond motifs is 1. The highest BCUT2D eigenvalue weighted by molar-refractivity contribution is 14.0. The molecule has 2 aromatic rings. The zero-order valence-electron chi connectivity index (χ0n) is 16.8. The molecular weight excluding hydrogens is 481 g/mol. The first-order valence-corrected chi connectivity index (χ1v) is 9.64. The Hall–Kier alpha value is -2.36. The molecule has 156 valence electrons. The number of aromatic nitrogens is 1. The van der Waals surface area contributed by atoms with Crippen LogP contribution in [0.25, 0.3) is 0 Å². The van der Waals surface area contributed by atoms with Crippen LogP contribution in [0.3, 0.4) is 0 Å². The topological polar surface area (TPSA) is 87.6 Å². The van der Waals surface area contributed by atoms with Crippen molar-refractivity contribution in [3.63, 3.8) is 0 Å². The van der Waals surface area contributed by atoms with Gasteiger partial charge in [-0.05, 0) is 37.6 Å². The highest BCUT2D eigenvalue weighted by Crippen LogP contribution is 2.28. The maximum absolute atomic E-state index is 12.1.